The first-order valence-electron chi connectivity index (χ1n) is 9.61. The minimum atomic E-state index is -0.189. The fourth-order valence-electron chi connectivity index (χ4n) is 3.16. The third-order valence-corrected chi connectivity index (χ3v) is 4.95. The summed E-state index contributed by atoms with van der Waals surface area (Å²) in [6.45, 7) is 12.1. The Bertz CT molecular complexity index is 607. The average molecular weight is 397 g/mol. The largest absolute Gasteiger partial charge is 0.333 e. The van der Waals surface area contributed by atoms with Crippen molar-refractivity contribution in [2.75, 3.05) is 39.0 Å². The third kappa shape index (κ3) is 10.4. The molecule has 0 saturated heterocycles. The zero-order chi connectivity index (χ0) is 20.6. The van der Waals surface area contributed by atoms with E-state index in [0.29, 0.717) is 24.0 Å². The van der Waals surface area contributed by atoms with E-state index in [0.717, 1.165) is 25.1 Å². The van der Waals surface area contributed by atoms with Crippen molar-refractivity contribution in [3.05, 3.63) is 11.1 Å². The molecule has 2 amide bonds. The van der Waals surface area contributed by atoms with Crippen LogP contribution in [0, 0.1) is 18.3 Å². The van der Waals surface area contributed by atoms with Crippen molar-refractivity contribution >= 4 is 28.3 Å². The summed E-state index contributed by atoms with van der Waals surface area (Å²) in [5.41, 5.74) is 1.07. The number of hydrogen-bond donors (Lipinski definition) is 1. The molecule has 1 unspecified atom stereocenters. The summed E-state index contributed by atoms with van der Waals surface area (Å²) < 4.78 is 0. The predicted octanol–water partition coefficient (Wildman–Crippen LogP) is 3.63. The van der Waals surface area contributed by atoms with E-state index in [1.807, 2.05) is 26.4 Å². The monoisotopic (exact) mass is 396 g/mol. The van der Waals surface area contributed by atoms with Crippen LogP contribution in [0.5, 0.6) is 0 Å². The van der Waals surface area contributed by atoms with Gasteiger partial charge in [0, 0.05) is 18.3 Å². The molecule has 0 saturated carbocycles. The first-order chi connectivity index (χ1) is 12.5. The molecule has 0 fully saturated rings. The van der Waals surface area contributed by atoms with Gasteiger partial charge in [0.1, 0.15) is 0 Å². The number of amides is 2. The van der Waals surface area contributed by atoms with E-state index in [4.69, 9.17) is 0 Å². The van der Waals surface area contributed by atoms with Crippen LogP contribution in [0.15, 0.2) is 5.38 Å². The standard InChI is InChI=1S/C20H36N4O2S/c1-15(12-20(3,4)5)11-18(26)24(10-8-9-23(6)7)13-17(25)22-19-21-16(2)14-27-19/h14-15H,8-13H2,1-7H3,(H,21,22,25). The van der Waals surface area contributed by atoms with Gasteiger partial charge in [0.05, 0.1) is 12.2 Å². The maximum atomic E-state index is 12.8. The van der Waals surface area contributed by atoms with Gasteiger partial charge in [-0.25, -0.2) is 4.98 Å². The number of anilines is 1. The minimum absolute atomic E-state index is 0.0518. The molecule has 1 N–H and O–H groups in total. The molecular formula is C20H36N4O2S. The molecule has 1 heterocycles. The summed E-state index contributed by atoms with van der Waals surface area (Å²) in [4.78, 5) is 33.3. The SMILES string of the molecule is Cc1csc(NC(=O)CN(CCCN(C)C)C(=O)CC(C)CC(C)(C)C)n1. The fourth-order valence-corrected chi connectivity index (χ4v) is 3.86. The van der Waals surface area contributed by atoms with Gasteiger partial charge in [0.25, 0.3) is 0 Å². The molecule has 1 aromatic heterocycles. The van der Waals surface area contributed by atoms with Gasteiger partial charge in [-0.05, 0) is 51.7 Å². The van der Waals surface area contributed by atoms with E-state index in [1.165, 1.54) is 11.3 Å². The van der Waals surface area contributed by atoms with E-state index < -0.39 is 0 Å². The van der Waals surface area contributed by atoms with Crippen molar-refractivity contribution in [1.29, 1.82) is 0 Å². The second kappa shape index (κ2) is 10.8. The number of aromatic nitrogens is 1. The molecule has 1 rings (SSSR count). The van der Waals surface area contributed by atoms with Crippen LogP contribution in [0.1, 0.15) is 52.7 Å². The summed E-state index contributed by atoms with van der Waals surface area (Å²) in [5.74, 6) is 0.153. The van der Waals surface area contributed by atoms with E-state index >= 15 is 0 Å². The van der Waals surface area contributed by atoms with Gasteiger partial charge < -0.3 is 15.1 Å². The Kier molecular flexibility index (Phi) is 9.39. The molecule has 0 aromatic carbocycles. The van der Waals surface area contributed by atoms with Gasteiger partial charge in [0.15, 0.2) is 5.13 Å². The van der Waals surface area contributed by atoms with Crippen molar-refractivity contribution in [3.63, 3.8) is 0 Å². The summed E-state index contributed by atoms with van der Waals surface area (Å²) in [7, 11) is 4.02. The lowest BCUT2D eigenvalue weighted by Gasteiger charge is -2.27. The summed E-state index contributed by atoms with van der Waals surface area (Å²) >= 11 is 1.40. The van der Waals surface area contributed by atoms with Gasteiger partial charge in [-0.3, -0.25) is 9.59 Å². The summed E-state index contributed by atoms with van der Waals surface area (Å²) in [5, 5.41) is 5.28. The van der Waals surface area contributed by atoms with Gasteiger partial charge in [-0.15, -0.1) is 11.3 Å². The summed E-state index contributed by atoms with van der Waals surface area (Å²) in [6, 6.07) is 0. The molecule has 6 nitrogen and oxygen atoms in total. The van der Waals surface area contributed by atoms with Crippen LogP contribution < -0.4 is 5.32 Å². The molecule has 154 valence electrons. The Morgan fingerprint density at radius 3 is 2.44 bits per heavy atom. The number of nitrogens with one attached hydrogen (secondary N) is 1. The van der Waals surface area contributed by atoms with E-state index in [9.17, 15) is 9.59 Å². The van der Waals surface area contributed by atoms with Crippen molar-refractivity contribution in [3.8, 4) is 0 Å². The molecule has 1 atom stereocenters. The third-order valence-electron chi connectivity index (χ3n) is 4.07. The first-order valence-corrected chi connectivity index (χ1v) is 10.5. The molecule has 0 radical (unpaired) electrons. The van der Waals surface area contributed by atoms with Crippen molar-refractivity contribution < 1.29 is 9.59 Å². The Labute approximate surface area is 168 Å². The predicted molar refractivity (Wildman–Crippen MR) is 113 cm³/mol. The van der Waals surface area contributed by atoms with Crippen LogP contribution in [0.2, 0.25) is 0 Å². The molecular weight excluding hydrogens is 360 g/mol. The number of carbonyl (C=O) groups excluding carboxylic acids is 2. The number of rotatable bonds is 10. The average Bonchev–Trinajstić information content (AvgIpc) is 2.88. The second-order valence-corrected chi connectivity index (χ2v) is 9.75. The summed E-state index contributed by atoms with van der Waals surface area (Å²) in [6.07, 6.45) is 2.30. The van der Waals surface area contributed by atoms with Crippen LogP contribution in [-0.4, -0.2) is 60.3 Å². The quantitative estimate of drug-likeness (QED) is 0.656. The molecule has 1 aromatic rings. The van der Waals surface area contributed by atoms with Gasteiger partial charge in [-0.1, -0.05) is 27.7 Å². The topological polar surface area (TPSA) is 65.5 Å². The number of nitrogens with zero attached hydrogens (tertiary/aromatic N) is 3. The highest BCUT2D eigenvalue weighted by Crippen LogP contribution is 2.26. The fraction of sp³-hybridized carbons (Fsp3) is 0.750. The van der Waals surface area contributed by atoms with E-state index in [2.05, 4.69) is 42.9 Å². The molecule has 0 bridgehead atoms. The number of aryl methyl sites for hydroxylation is 1. The van der Waals surface area contributed by atoms with Crippen LogP contribution in [0.25, 0.3) is 0 Å². The zero-order valence-corrected chi connectivity index (χ0v) is 18.8. The molecule has 0 spiro atoms. The Hall–Kier alpha value is -1.47. The lowest BCUT2D eigenvalue weighted by molar-refractivity contribution is -0.135. The normalized spacial score (nSPS) is 12.9. The molecule has 0 aliphatic carbocycles. The highest BCUT2D eigenvalue weighted by Gasteiger charge is 2.22. The Balaban J connectivity index is 2.66. The van der Waals surface area contributed by atoms with Crippen LogP contribution in [0.4, 0.5) is 5.13 Å². The van der Waals surface area contributed by atoms with Gasteiger partial charge in [0.2, 0.25) is 11.8 Å². The Morgan fingerprint density at radius 2 is 1.93 bits per heavy atom. The molecule has 0 aliphatic rings. The first kappa shape index (κ1) is 23.6. The number of thiazole rings is 1. The van der Waals surface area contributed by atoms with Crippen LogP contribution in [-0.2, 0) is 9.59 Å². The van der Waals surface area contributed by atoms with E-state index in [1.54, 1.807) is 4.90 Å². The maximum Gasteiger partial charge on any atom is 0.245 e. The minimum Gasteiger partial charge on any atom is -0.333 e. The van der Waals surface area contributed by atoms with Crippen molar-refractivity contribution in [2.24, 2.45) is 11.3 Å². The smallest absolute Gasteiger partial charge is 0.245 e. The zero-order valence-electron chi connectivity index (χ0n) is 18.0. The molecule has 0 aliphatic heterocycles. The lowest BCUT2D eigenvalue weighted by atomic mass is 9.84. The molecule has 27 heavy (non-hydrogen) atoms. The van der Waals surface area contributed by atoms with Crippen molar-refractivity contribution in [2.45, 2.75) is 53.9 Å². The second-order valence-electron chi connectivity index (χ2n) is 8.89. The van der Waals surface area contributed by atoms with Gasteiger partial charge in [-0.2, -0.15) is 0 Å². The van der Waals surface area contributed by atoms with Crippen LogP contribution >= 0.6 is 11.3 Å². The molecule has 7 heteroatoms. The number of hydrogen-bond acceptors (Lipinski definition) is 5. The lowest BCUT2D eigenvalue weighted by Crippen LogP contribution is -2.40. The van der Waals surface area contributed by atoms with Crippen LogP contribution in [0.3, 0.4) is 0 Å². The maximum absolute atomic E-state index is 12.8. The van der Waals surface area contributed by atoms with Gasteiger partial charge >= 0.3 is 0 Å². The highest BCUT2D eigenvalue weighted by atomic mass is 32.1. The van der Waals surface area contributed by atoms with Crippen molar-refractivity contribution in [1.82, 2.24) is 14.8 Å². The highest BCUT2D eigenvalue weighted by molar-refractivity contribution is 7.13. The number of carbonyl (C=O) groups is 2. The Morgan fingerprint density at radius 1 is 1.26 bits per heavy atom. The van der Waals surface area contributed by atoms with E-state index in [-0.39, 0.29) is 23.8 Å².